The van der Waals surface area contributed by atoms with Crippen molar-refractivity contribution >= 4 is 51.0 Å². The first kappa shape index (κ1) is 26.2. The maximum Gasteiger partial charge on any atom is 0.240 e. The van der Waals surface area contributed by atoms with Crippen LogP contribution in [-0.2, 0) is 14.4 Å². The first-order valence-electron chi connectivity index (χ1n) is 12.1. The number of pyridine rings is 1. The van der Waals surface area contributed by atoms with E-state index in [0.717, 1.165) is 11.8 Å². The van der Waals surface area contributed by atoms with E-state index in [4.69, 9.17) is 9.47 Å². The number of nitrogens with one attached hydrogen (secondary N) is 2. The summed E-state index contributed by atoms with van der Waals surface area (Å²) in [5.41, 5.74) is 0.430. The molecule has 4 aromatic rings. The number of hydrogen-bond donors (Lipinski definition) is 2. The minimum atomic E-state index is -1.16. The van der Waals surface area contributed by atoms with Crippen LogP contribution in [0.2, 0.25) is 0 Å². The van der Waals surface area contributed by atoms with Crippen LogP contribution in [-0.4, -0.2) is 29.0 Å². The number of ether oxygens (including phenoxy) is 2. The second-order valence-corrected chi connectivity index (χ2v) is 10.3. The van der Waals surface area contributed by atoms with Crippen LogP contribution in [0.4, 0.5) is 15.8 Å². The van der Waals surface area contributed by atoms with Gasteiger partial charge in [0.05, 0.1) is 17.5 Å². The lowest BCUT2D eigenvalue weighted by Gasteiger charge is -2.16. The van der Waals surface area contributed by atoms with Crippen LogP contribution < -0.4 is 20.1 Å². The van der Waals surface area contributed by atoms with Crippen LogP contribution in [0.25, 0.3) is 10.9 Å². The fourth-order valence-electron chi connectivity index (χ4n) is 4.06. The molecule has 1 aromatic heterocycles. The molecule has 0 bridgehead atoms. The molecule has 0 radical (unpaired) electrons. The van der Waals surface area contributed by atoms with Gasteiger partial charge in [0.2, 0.25) is 11.8 Å². The van der Waals surface area contributed by atoms with Crippen molar-refractivity contribution in [2.24, 2.45) is 5.41 Å². The van der Waals surface area contributed by atoms with E-state index in [0.29, 0.717) is 57.3 Å². The Hall–Kier alpha value is -4.44. The summed E-state index contributed by atoms with van der Waals surface area (Å²) in [5, 5.41) is 6.14. The van der Waals surface area contributed by atoms with E-state index < -0.39 is 23.0 Å². The van der Waals surface area contributed by atoms with Crippen LogP contribution >= 0.6 is 11.8 Å². The maximum absolute atomic E-state index is 13.1. The van der Waals surface area contributed by atoms with E-state index >= 15 is 0 Å². The summed E-state index contributed by atoms with van der Waals surface area (Å²) in [7, 11) is 1.54. The zero-order valence-corrected chi connectivity index (χ0v) is 21.9. The van der Waals surface area contributed by atoms with E-state index in [-0.39, 0.29) is 5.12 Å². The first-order valence-corrected chi connectivity index (χ1v) is 12.9. The van der Waals surface area contributed by atoms with Gasteiger partial charge in [0.15, 0.2) is 5.12 Å². The van der Waals surface area contributed by atoms with Gasteiger partial charge in [0.25, 0.3) is 0 Å². The Morgan fingerprint density at radius 2 is 1.51 bits per heavy atom. The number of fused-ring (bicyclic) bond motifs is 1. The predicted molar refractivity (Wildman–Crippen MR) is 147 cm³/mol. The van der Waals surface area contributed by atoms with Crippen molar-refractivity contribution in [3.8, 4) is 17.2 Å². The van der Waals surface area contributed by atoms with Crippen LogP contribution in [0.3, 0.4) is 0 Å². The number of anilines is 2. The van der Waals surface area contributed by atoms with Gasteiger partial charge in [-0.3, -0.25) is 19.4 Å². The smallest absolute Gasteiger partial charge is 0.240 e. The van der Waals surface area contributed by atoms with Gasteiger partial charge in [-0.05, 0) is 85.3 Å². The van der Waals surface area contributed by atoms with Gasteiger partial charge >= 0.3 is 0 Å². The van der Waals surface area contributed by atoms with Crippen molar-refractivity contribution in [1.29, 1.82) is 0 Å². The Kier molecular flexibility index (Phi) is 7.21. The lowest BCUT2D eigenvalue weighted by Crippen LogP contribution is -2.35. The first-order chi connectivity index (χ1) is 18.8. The Morgan fingerprint density at radius 1 is 0.897 bits per heavy atom. The Balaban J connectivity index is 1.28. The molecule has 0 spiro atoms. The number of hydrogen-bond acceptors (Lipinski definition) is 7. The second-order valence-electron chi connectivity index (χ2n) is 9.05. The molecule has 1 saturated carbocycles. The molecule has 5 rings (SSSR count). The molecule has 0 unspecified atom stereocenters. The van der Waals surface area contributed by atoms with Gasteiger partial charge in [0.1, 0.15) is 28.5 Å². The summed E-state index contributed by atoms with van der Waals surface area (Å²) in [5.74, 6) is 0.377. The van der Waals surface area contributed by atoms with E-state index in [1.165, 1.54) is 38.3 Å². The van der Waals surface area contributed by atoms with Gasteiger partial charge in [-0.25, -0.2) is 4.39 Å². The van der Waals surface area contributed by atoms with Crippen LogP contribution in [0.15, 0.2) is 77.8 Å². The third-order valence-corrected chi connectivity index (χ3v) is 7.13. The summed E-state index contributed by atoms with van der Waals surface area (Å²) >= 11 is 1.07. The summed E-state index contributed by atoms with van der Waals surface area (Å²) < 4.78 is 24.6. The molecular formula is C29H24FN3O5S. The SMILES string of the molecule is COc1cc2nccc(Oc3ccc(NC(=O)C4(C(=O)Nc5ccc(F)cc5)CC4)cc3)c2cc1SC(C)=O. The van der Waals surface area contributed by atoms with Gasteiger partial charge in [0, 0.05) is 35.9 Å². The minimum Gasteiger partial charge on any atom is -0.495 e. The molecule has 0 saturated heterocycles. The van der Waals surface area contributed by atoms with Crippen LogP contribution in [0.1, 0.15) is 19.8 Å². The monoisotopic (exact) mass is 545 g/mol. The van der Waals surface area contributed by atoms with E-state index in [1.807, 2.05) is 6.07 Å². The molecule has 8 nitrogen and oxygen atoms in total. The summed E-state index contributed by atoms with van der Waals surface area (Å²) in [6, 6.07) is 17.5. The molecule has 2 amide bonds. The van der Waals surface area contributed by atoms with E-state index in [2.05, 4.69) is 15.6 Å². The van der Waals surface area contributed by atoms with E-state index in [1.54, 1.807) is 42.6 Å². The topological polar surface area (TPSA) is 107 Å². The molecule has 10 heteroatoms. The molecule has 2 N–H and O–H groups in total. The average Bonchev–Trinajstić information content (AvgIpc) is 3.73. The highest BCUT2D eigenvalue weighted by molar-refractivity contribution is 8.13. The summed E-state index contributed by atoms with van der Waals surface area (Å²) in [4.78, 5) is 42.5. The van der Waals surface area contributed by atoms with Crippen molar-refractivity contribution in [3.05, 3.63) is 78.7 Å². The number of thioether (sulfide) groups is 1. The van der Waals surface area contributed by atoms with Gasteiger partial charge in [-0.15, -0.1) is 0 Å². The second kappa shape index (κ2) is 10.7. The standard InChI is InChI=1S/C29H24FN3O5S/c1-17(34)39-26-15-22-23(16-25(26)37-2)31-14-11-24(22)38-21-9-7-20(8-10-21)33-28(36)29(12-13-29)27(35)32-19-5-3-18(30)4-6-19/h3-11,14-16H,12-13H2,1-2H3,(H,32,35)(H,33,36). The molecule has 1 aliphatic rings. The third kappa shape index (κ3) is 5.70. The molecule has 198 valence electrons. The minimum absolute atomic E-state index is 0.0717. The quantitative estimate of drug-likeness (QED) is 0.201. The number of aromatic nitrogens is 1. The lowest BCUT2D eigenvalue weighted by atomic mass is 10.0. The van der Waals surface area contributed by atoms with Crippen molar-refractivity contribution in [3.63, 3.8) is 0 Å². The zero-order chi connectivity index (χ0) is 27.6. The highest BCUT2D eigenvalue weighted by atomic mass is 32.2. The number of benzene rings is 3. The molecule has 3 aromatic carbocycles. The van der Waals surface area contributed by atoms with Crippen molar-refractivity contribution < 1.29 is 28.2 Å². The number of carbonyl (C=O) groups excluding carboxylic acids is 3. The van der Waals surface area contributed by atoms with Crippen LogP contribution in [0, 0.1) is 11.2 Å². The molecular weight excluding hydrogens is 521 g/mol. The Labute approximate surface area is 227 Å². The molecule has 0 aliphatic heterocycles. The predicted octanol–water partition coefficient (Wildman–Crippen LogP) is 6.17. The number of methoxy groups -OCH3 is 1. The van der Waals surface area contributed by atoms with Gasteiger partial charge < -0.3 is 20.1 Å². The molecule has 0 atom stereocenters. The van der Waals surface area contributed by atoms with Gasteiger partial charge in [-0.2, -0.15) is 0 Å². The molecule has 39 heavy (non-hydrogen) atoms. The van der Waals surface area contributed by atoms with Crippen molar-refractivity contribution in [2.45, 2.75) is 24.7 Å². The Morgan fingerprint density at radius 3 is 2.08 bits per heavy atom. The lowest BCUT2D eigenvalue weighted by molar-refractivity contribution is -0.131. The molecule has 1 fully saturated rings. The largest absolute Gasteiger partial charge is 0.495 e. The van der Waals surface area contributed by atoms with Crippen LogP contribution in [0.5, 0.6) is 17.2 Å². The maximum atomic E-state index is 13.1. The third-order valence-electron chi connectivity index (χ3n) is 6.30. The van der Waals surface area contributed by atoms with Crippen molar-refractivity contribution in [2.75, 3.05) is 17.7 Å². The number of nitrogens with zero attached hydrogens (tertiary/aromatic N) is 1. The van der Waals surface area contributed by atoms with E-state index in [9.17, 15) is 18.8 Å². The average molecular weight is 546 g/mol. The number of halogens is 1. The van der Waals surface area contributed by atoms with Crippen molar-refractivity contribution in [1.82, 2.24) is 4.98 Å². The molecule has 1 heterocycles. The fraction of sp³-hybridized carbons (Fsp3) is 0.172. The number of rotatable bonds is 8. The zero-order valence-electron chi connectivity index (χ0n) is 21.1. The number of amides is 2. The number of carbonyl (C=O) groups is 3. The Bertz CT molecular complexity index is 1570. The normalized spacial score (nSPS) is 13.4. The summed E-state index contributed by atoms with van der Waals surface area (Å²) in [6.45, 7) is 1.48. The summed E-state index contributed by atoms with van der Waals surface area (Å²) in [6.07, 6.45) is 2.48. The molecule has 1 aliphatic carbocycles. The highest BCUT2D eigenvalue weighted by Crippen LogP contribution is 2.47. The highest BCUT2D eigenvalue weighted by Gasteiger charge is 2.56. The van der Waals surface area contributed by atoms with Gasteiger partial charge in [-0.1, -0.05) is 0 Å². The fourth-order valence-corrected chi connectivity index (χ4v) is 4.79.